The zero-order valence-corrected chi connectivity index (χ0v) is 8.97. The lowest BCUT2D eigenvalue weighted by Crippen LogP contribution is -2.20. The van der Waals surface area contributed by atoms with Crippen molar-refractivity contribution in [1.29, 1.82) is 0 Å². The summed E-state index contributed by atoms with van der Waals surface area (Å²) < 4.78 is 0. The maximum atomic E-state index is 9.92. The molecule has 0 aliphatic carbocycles. The highest BCUT2D eigenvalue weighted by Crippen LogP contribution is 2.27. The normalized spacial score (nSPS) is 15.7. The van der Waals surface area contributed by atoms with E-state index in [9.17, 15) is 5.11 Å². The Labute approximate surface area is 83.4 Å². The quantitative estimate of drug-likeness (QED) is 0.780. The molecule has 0 aliphatic rings. The molecule has 0 aliphatic heterocycles. The molecular formula is C10H17NOS. The van der Waals surface area contributed by atoms with Crippen LogP contribution in [0.5, 0.6) is 0 Å². The lowest BCUT2D eigenvalue weighted by molar-refractivity contribution is 0.110. The van der Waals surface area contributed by atoms with E-state index >= 15 is 0 Å². The maximum Gasteiger partial charge on any atom is 0.0838 e. The van der Waals surface area contributed by atoms with Crippen LogP contribution in [-0.2, 0) is 0 Å². The monoisotopic (exact) mass is 199 g/mol. The van der Waals surface area contributed by atoms with Crippen LogP contribution in [0.1, 0.15) is 29.9 Å². The van der Waals surface area contributed by atoms with Crippen LogP contribution < -0.4 is 5.73 Å². The highest BCUT2D eigenvalue weighted by molar-refractivity contribution is 7.10. The van der Waals surface area contributed by atoms with Crippen LogP contribution in [0.3, 0.4) is 0 Å². The Hall–Kier alpha value is -0.380. The summed E-state index contributed by atoms with van der Waals surface area (Å²) in [6.45, 7) is 4.65. The van der Waals surface area contributed by atoms with Crippen LogP contribution in [0.4, 0.5) is 0 Å². The molecule has 0 spiro atoms. The third-order valence-electron chi connectivity index (χ3n) is 2.37. The van der Waals surface area contributed by atoms with Crippen molar-refractivity contribution >= 4 is 11.3 Å². The highest BCUT2D eigenvalue weighted by Gasteiger charge is 2.18. The largest absolute Gasteiger partial charge is 0.388 e. The van der Waals surface area contributed by atoms with Crippen LogP contribution in [0.2, 0.25) is 0 Å². The topological polar surface area (TPSA) is 46.2 Å². The van der Waals surface area contributed by atoms with Crippen LogP contribution in [0, 0.1) is 12.8 Å². The number of aryl methyl sites for hydroxylation is 1. The molecule has 2 nitrogen and oxygen atoms in total. The zero-order chi connectivity index (χ0) is 9.84. The third-order valence-corrected chi connectivity index (χ3v) is 3.25. The van der Waals surface area contributed by atoms with Gasteiger partial charge in [0.2, 0.25) is 0 Å². The van der Waals surface area contributed by atoms with Crippen LogP contribution in [0.15, 0.2) is 11.4 Å². The van der Waals surface area contributed by atoms with Gasteiger partial charge in [0, 0.05) is 10.8 Å². The third kappa shape index (κ3) is 2.53. The number of hydrogen-bond donors (Lipinski definition) is 2. The second-order valence-corrected chi connectivity index (χ2v) is 4.45. The predicted octanol–water partition coefficient (Wildman–Crippen LogP) is 2.07. The Bertz CT molecular complexity index is 255. The van der Waals surface area contributed by atoms with Gasteiger partial charge in [-0.3, -0.25) is 0 Å². The van der Waals surface area contributed by atoms with E-state index in [1.54, 1.807) is 11.3 Å². The fourth-order valence-corrected chi connectivity index (χ4v) is 2.14. The van der Waals surface area contributed by atoms with Gasteiger partial charge in [-0.15, -0.1) is 11.3 Å². The molecule has 0 bridgehead atoms. The summed E-state index contributed by atoms with van der Waals surface area (Å²) in [6.07, 6.45) is 0.534. The van der Waals surface area contributed by atoms with Gasteiger partial charge in [-0.05, 0) is 36.9 Å². The van der Waals surface area contributed by atoms with E-state index in [0.29, 0.717) is 6.54 Å². The van der Waals surface area contributed by atoms with Crippen LogP contribution in [-0.4, -0.2) is 11.7 Å². The SMILES string of the molecule is CCC(CN)C(O)c1csc(C)c1. The molecule has 0 saturated carbocycles. The minimum absolute atomic E-state index is 0.189. The highest BCUT2D eigenvalue weighted by atomic mass is 32.1. The van der Waals surface area contributed by atoms with Crippen molar-refractivity contribution < 1.29 is 5.11 Å². The Morgan fingerprint density at radius 1 is 1.62 bits per heavy atom. The molecule has 0 aromatic carbocycles. The van der Waals surface area contributed by atoms with E-state index in [1.165, 1.54) is 4.88 Å². The lowest BCUT2D eigenvalue weighted by Gasteiger charge is -2.18. The Kier molecular flexibility index (Phi) is 3.90. The van der Waals surface area contributed by atoms with Crippen molar-refractivity contribution in [3.05, 3.63) is 21.9 Å². The molecule has 1 heterocycles. The molecule has 3 heteroatoms. The lowest BCUT2D eigenvalue weighted by atomic mass is 9.95. The van der Waals surface area contributed by atoms with Crippen molar-refractivity contribution in [2.45, 2.75) is 26.4 Å². The molecule has 3 N–H and O–H groups in total. The summed E-state index contributed by atoms with van der Waals surface area (Å²) in [7, 11) is 0. The maximum absolute atomic E-state index is 9.92. The van der Waals surface area contributed by atoms with Gasteiger partial charge in [0.1, 0.15) is 0 Å². The number of aliphatic hydroxyl groups excluding tert-OH is 1. The molecule has 2 unspecified atom stereocenters. The van der Waals surface area contributed by atoms with Crippen molar-refractivity contribution in [2.75, 3.05) is 6.54 Å². The van der Waals surface area contributed by atoms with Gasteiger partial charge in [-0.1, -0.05) is 6.92 Å². The van der Waals surface area contributed by atoms with Crippen LogP contribution in [0.25, 0.3) is 0 Å². The minimum atomic E-state index is -0.389. The first kappa shape index (κ1) is 10.7. The standard InChI is InChI=1S/C10H17NOS/c1-3-8(5-11)10(12)9-4-7(2)13-6-9/h4,6,8,10,12H,3,5,11H2,1-2H3. The van der Waals surface area contributed by atoms with Gasteiger partial charge in [0.25, 0.3) is 0 Å². The molecule has 1 aromatic rings. The van der Waals surface area contributed by atoms with E-state index in [-0.39, 0.29) is 12.0 Å². The first-order valence-corrected chi connectivity index (χ1v) is 5.50. The summed E-state index contributed by atoms with van der Waals surface area (Å²) in [6, 6.07) is 2.04. The van der Waals surface area contributed by atoms with Gasteiger partial charge in [0.15, 0.2) is 0 Å². The van der Waals surface area contributed by atoms with Crippen molar-refractivity contribution in [3.8, 4) is 0 Å². The minimum Gasteiger partial charge on any atom is -0.388 e. The van der Waals surface area contributed by atoms with Crippen LogP contribution >= 0.6 is 11.3 Å². The molecule has 74 valence electrons. The number of hydrogen-bond acceptors (Lipinski definition) is 3. The van der Waals surface area contributed by atoms with Crippen molar-refractivity contribution in [1.82, 2.24) is 0 Å². The molecule has 0 amide bonds. The summed E-state index contributed by atoms with van der Waals surface area (Å²) in [4.78, 5) is 1.24. The number of aliphatic hydroxyl groups is 1. The Morgan fingerprint density at radius 3 is 2.69 bits per heavy atom. The molecule has 1 aromatic heterocycles. The van der Waals surface area contributed by atoms with Gasteiger partial charge in [-0.25, -0.2) is 0 Å². The molecule has 0 fully saturated rings. The fraction of sp³-hybridized carbons (Fsp3) is 0.600. The van der Waals surface area contributed by atoms with E-state index in [1.807, 2.05) is 18.4 Å². The summed E-state index contributed by atoms with van der Waals surface area (Å²) in [5.41, 5.74) is 6.59. The summed E-state index contributed by atoms with van der Waals surface area (Å²) in [5.74, 6) is 0.189. The van der Waals surface area contributed by atoms with Gasteiger partial charge >= 0.3 is 0 Å². The first-order valence-electron chi connectivity index (χ1n) is 4.62. The van der Waals surface area contributed by atoms with Gasteiger partial charge in [-0.2, -0.15) is 0 Å². The number of nitrogens with two attached hydrogens (primary N) is 1. The van der Waals surface area contributed by atoms with E-state index in [0.717, 1.165) is 12.0 Å². The average molecular weight is 199 g/mol. The average Bonchev–Trinajstić information content (AvgIpc) is 2.54. The van der Waals surface area contributed by atoms with Crippen molar-refractivity contribution in [2.24, 2.45) is 11.7 Å². The fourth-order valence-electron chi connectivity index (χ4n) is 1.41. The molecule has 13 heavy (non-hydrogen) atoms. The smallest absolute Gasteiger partial charge is 0.0838 e. The summed E-state index contributed by atoms with van der Waals surface area (Å²) >= 11 is 1.67. The molecule has 2 atom stereocenters. The van der Waals surface area contributed by atoms with E-state index in [4.69, 9.17) is 5.73 Å². The van der Waals surface area contributed by atoms with Gasteiger partial charge < -0.3 is 10.8 Å². The van der Waals surface area contributed by atoms with E-state index in [2.05, 4.69) is 6.92 Å². The Morgan fingerprint density at radius 2 is 2.31 bits per heavy atom. The second kappa shape index (κ2) is 4.74. The summed E-state index contributed by atoms with van der Waals surface area (Å²) in [5, 5.41) is 11.9. The van der Waals surface area contributed by atoms with E-state index < -0.39 is 0 Å². The predicted molar refractivity (Wildman–Crippen MR) is 56.9 cm³/mol. The first-order chi connectivity index (χ1) is 6.19. The second-order valence-electron chi connectivity index (χ2n) is 3.34. The number of rotatable bonds is 4. The van der Waals surface area contributed by atoms with Crippen molar-refractivity contribution in [3.63, 3.8) is 0 Å². The molecular weight excluding hydrogens is 182 g/mol. The molecule has 0 radical (unpaired) electrons. The van der Waals surface area contributed by atoms with Gasteiger partial charge in [0.05, 0.1) is 6.10 Å². The molecule has 1 rings (SSSR count). The molecule has 0 saturated heterocycles. The Balaban J connectivity index is 2.71. The number of thiophene rings is 1. The zero-order valence-electron chi connectivity index (χ0n) is 8.16.